The molecule has 5 rings (SSSR count). The second-order valence-electron chi connectivity index (χ2n) is 5.44. The minimum absolute atomic E-state index is 1.28. The third kappa shape index (κ3) is 1.75. The highest BCUT2D eigenvalue weighted by molar-refractivity contribution is 7.36. The Hall–Kier alpha value is -2.16. The van der Waals surface area contributed by atoms with E-state index in [1.807, 2.05) is 22.7 Å². The summed E-state index contributed by atoms with van der Waals surface area (Å²) in [7, 11) is 0. The SMILES string of the molecule is c1ccc(-c2ccc3sc4c5ccccc5sc4c3c2)cc1. The van der Waals surface area contributed by atoms with Crippen molar-refractivity contribution in [1.82, 2.24) is 0 Å². The Bertz CT molecular complexity index is 1110. The van der Waals surface area contributed by atoms with Gasteiger partial charge in [0.25, 0.3) is 0 Å². The summed E-state index contributed by atoms with van der Waals surface area (Å²) >= 11 is 3.82. The number of hydrogen-bond donors (Lipinski definition) is 0. The zero-order chi connectivity index (χ0) is 14.5. The van der Waals surface area contributed by atoms with Gasteiger partial charge in [-0.3, -0.25) is 0 Å². The van der Waals surface area contributed by atoms with Gasteiger partial charge in [-0.1, -0.05) is 54.6 Å². The predicted octanol–water partition coefficient (Wildman–Crippen LogP) is 6.94. The molecule has 2 aromatic heterocycles. The average Bonchev–Trinajstić information content (AvgIpc) is 3.11. The summed E-state index contributed by atoms with van der Waals surface area (Å²) in [5.74, 6) is 0. The molecule has 0 unspecified atom stereocenters. The van der Waals surface area contributed by atoms with Crippen LogP contribution >= 0.6 is 22.7 Å². The monoisotopic (exact) mass is 316 g/mol. The van der Waals surface area contributed by atoms with E-state index in [1.165, 1.54) is 40.7 Å². The molecule has 0 bridgehead atoms. The van der Waals surface area contributed by atoms with Gasteiger partial charge in [0.2, 0.25) is 0 Å². The molecule has 0 amide bonds. The minimum atomic E-state index is 1.28. The molecule has 0 saturated heterocycles. The Morgan fingerprint density at radius 3 is 2.05 bits per heavy atom. The molecule has 0 fully saturated rings. The number of thiophene rings is 2. The quantitative estimate of drug-likeness (QED) is 0.314. The van der Waals surface area contributed by atoms with Crippen molar-refractivity contribution in [3.63, 3.8) is 0 Å². The van der Waals surface area contributed by atoms with E-state index in [4.69, 9.17) is 0 Å². The zero-order valence-corrected chi connectivity index (χ0v) is 13.4. The molecule has 0 N–H and O–H groups in total. The van der Waals surface area contributed by atoms with Gasteiger partial charge in [0.1, 0.15) is 0 Å². The van der Waals surface area contributed by atoms with Crippen LogP contribution in [0.4, 0.5) is 0 Å². The molecule has 0 saturated carbocycles. The third-order valence-corrected chi connectivity index (χ3v) is 6.63. The van der Waals surface area contributed by atoms with Crippen LogP contribution in [0.1, 0.15) is 0 Å². The molecule has 2 heterocycles. The second kappa shape index (κ2) is 4.67. The summed E-state index contributed by atoms with van der Waals surface area (Å²) in [4.78, 5) is 0. The molecular weight excluding hydrogens is 304 g/mol. The average molecular weight is 316 g/mol. The van der Waals surface area contributed by atoms with Gasteiger partial charge in [-0.15, -0.1) is 22.7 Å². The van der Waals surface area contributed by atoms with Crippen LogP contribution in [-0.4, -0.2) is 0 Å². The third-order valence-electron chi connectivity index (χ3n) is 4.09. The summed E-state index contributed by atoms with van der Waals surface area (Å²) in [6.07, 6.45) is 0. The Morgan fingerprint density at radius 2 is 1.18 bits per heavy atom. The molecule has 0 spiro atoms. The van der Waals surface area contributed by atoms with Crippen molar-refractivity contribution in [2.24, 2.45) is 0 Å². The first-order valence-electron chi connectivity index (χ1n) is 7.29. The van der Waals surface area contributed by atoms with Gasteiger partial charge in [0.05, 0.1) is 9.40 Å². The lowest BCUT2D eigenvalue weighted by molar-refractivity contribution is 1.66. The summed E-state index contributed by atoms with van der Waals surface area (Å²) in [5, 5.41) is 2.78. The fourth-order valence-corrected chi connectivity index (χ4v) is 5.64. The highest BCUT2D eigenvalue weighted by atomic mass is 32.1. The highest BCUT2D eigenvalue weighted by Gasteiger charge is 2.12. The standard InChI is InChI=1S/C20H12S2/c1-2-6-13(7-3-1)14-10-11-18-16(12-14)20-19(22-18)15-8-4-5-9-17(15)21-20/h1-12H. The lowest BCUT2D eigenvalue weighted by Crippen LogP contribution is -1.75. The lowest BCUT2D eigenvalue weighted by atomic mass is 10.0. The zero-order valence-electron chi connectivity index (χ0n) is 11.7. The minimum Gasteiger partial charge on any atom is -0.134 e. The van der Waals surface area contributed by atoms with Crippen LogP contribution in [0.2, 0.25) is 0 Å². The Labute approximate surface area is 136 Å². The topological polar surface area (TPSA) is 0 Å². The van der Waals surface area contributed by atoms with Crippen LogP contribution in [0.5, 0.6) is 0 Å². The molecular formula is C20H12S2. The van der Waals surface area contributed by atoms with Gasteiger partial charge in [-0.25, -0.2) is 0 Å². The Kier molecular flexibility index (Phi) is 2.63. The summed E-state index contributed by atoms with van der Waals surface area (Å²) in [6, 6.07) is 26.2. The number of rotatable bonds is 1. The van der Waals surface area contributed by atoms with Crippen molar-refractivity contribution in [2.75, 3.05) is 0 Å². The van der Waals surface area contributed by atoms with Gasteiger partial charge in [-0.05, 0) is 29.3 Å². The van der Waals surface area contributed by atoms with Crippen LogP contribution in [-0.2, 0) is 0 Å². The Morgan fingerprint density at radius 1 is 0.500 bits per heavy atom. The first kappa shape index (κ1) is 12.4. The van der Waals surface area contributed by atoms with E-state index >= 15 is 0 Å². The van der Waals surface area contributed by atoms with Crippen molar-refractivity contribution in [3.8, 4) is 11.1 Å². The van der Waals surface area contributed by atoms with Crippen molar-refractivity contribution < 1.29 is 0 Å². The molecule has 0 radical (unpaired) electrons. The normalized spacial score (nSPS) is 11.6. The van der Waals surface area contributed by atoms with E-state index in [-0.39, 0.29) is 0 Å². The van der Waals surface area contributed by atoms with Gasteiger partial charge < -0.3 is 0 Å². The molecule has 0 nitrogen and oxygen atoms in total. The fourth-order valence-electron chi connectivity index (χ4n) is 3.02. The van der Waals surface area contributed by atoms with Crippen molar-refractivity contribution in [2.45, 2.75) is 0 Å². The van der Waals surface area contributed by atoms with E-state index < -0.39 is 0 Å². The fraction of sp³-hybridized carbons (Fsp3) is 0. The molecule has 3 aromatic carbocycles. The van der Waals surface area contributed by atoms with Crippen LogP contribution in [0.15, 0.2) is 72.8 Å². The van der Waals surface area contributed by atoms with E-state index in [9.17, 15) is 0 Å². The van der Waals surface area contributed by atoms with Gasteiger partial charge in [0, 0.05) is 20.2 Å². The summed E-state index contributed by atoms with van der Waals surface area (Å²) < 4.78 is 5.63. The lowest BCUT2D eigenvalue weighted by Gasteiger charge is -2.01. The van der Waals surface area contributed by atoms with Gasteiger partial charge in [-0.2, -0.15) is 0 Å². The summed E-state index contributed by atoms with van der Waals surface area (Å²) in [5.41, 5.74) is 2.58. The first-order chi connectivity index (χ1) is 10.9. The largest absolute Gasteiger partial charge is 0.134 e. The molecule has 2 heteroatoms. The van der Waals surface area contributed by atoms with Crippen LogP contribution in [0.25, 0.3) is 40.7 Å². The second-order valence-corrected chi connectivity index (χ2v) is 7.54. The van der Waals surface area contributed by atoms with Gasteiger partial charge >= 0.3 is 0 Å². The maximum absolute atomic E-state index is 2.35. The van der Waals surface area contributed by atoms with Crippen LogP contribution in [0.3, 0.4) is 0 Å². The van der Waals surface area contributed by atoms with E-state index in [0.717, 1.165) is 0 Å². The van der Waals surface area contributed by atoms with Crippen molar-refractivity contribution in [1.29, 1.82) is 0 Å². The molecule has 104 valence electrons. The molecule has 22 heavy (non-hydrogen) atoms. The maximum Gasteiger partial charge on any atom is 0.0542 e. The highest BCUT2D eigenvalue weighted by Crippen LogP contribution is 2.44. The smallest absolute Gasteiger partial charge is 0.0542 e. The molecule has 0 aliphatic rings. The molecule has 0 aliphatic heterocycles. The number of benzene rings is 3. The van der Waals surface area contributed by atoms with E-state index in [1.54, 1.807) is 0 Å². The van der Waals surface area contributed by atoms with Crippen molar-refractivity contribution >= 4 is 52.2 Å². The van der Waals surface area contributed by atoms with Crippen molar-refractivity contribution in [3.05, 3.63) is 72.8 Å². The molecule has 0 aliphatic carbocycles. The predicted molar refractivity (Wildman–Crippen MR) is 100 cm³/mol. The Balaban J connectivity index is 1.85. The van der Waals surface area contributed by atoms with E-state index in [0.29, 0.717) is 0 Å². The first-order valence-corrected chi connectivity index (χ1v) is 8.93. The summed E-state index contributed by atoms with van der Waals surface area (Å²) in [6.45, 7) is 0. The van der Waals surface area contributed by atoms with E-state index in [2.05, 4.69) is 72.8 Å². The van der Waals surface area contributed by atoms with Gasteiger partial charge in [0.15, 0.2) is 0 Å². The molecule has 5 aromatic rings. The molecule has 0 atom stereocenters. The number of hydrogen-bond acceptors (Lipinski definition) is 2. The maximum atomic E-state index is 2.35. The van der Waals surface area contributed by atoms with Crippen LogP contribution < -0.4 is 0 Å². The van der Waals surface area contributed by atoms with Crippen LogP contribution in [0, 0.1) is 0 Å². The number of fused-ring (bicyclic) bond motifs is 5.